The van der Waals surface area contributed by atoms with Crippen LogP contribution in [-0.4, -0.2) is 12.6 Å². The maximum absolute atomic E-state index is 11.9. The van der Waals surface area contributed by atoms with Gasteiger partial charge >= 0.3 is 5.97 Å². The second-order valence-electron chi connectivity index (χ2n) is 7.96. The van der Waals surface area contributed by atoms with Gasteiger partial charge in [0.05, 0.1) is 12.5 Å². The van der Waals surface area contributed by atoms with Gasteiger partial charge in [0.25, 0.3) is 0 Å². The van der Waals surface area contributed by atoms with Crippen LogP contribution in [-0.2, 0) is 9.53 Å². The highest BCUT2D eigenvalue weighted by atomic mass is 16.5. The highest BCUT2D eigenvalue weighted by molar-refractivity contribution is 5.73. The van der Waals surface area contributed by atoms with E-state index in [1.165, 1.54) is 44.9 Å². The first kappa shape index (κ1) is 14.4. The Bertz CT molecular complexity index is 354. The minimum Gasteiger partial charge on any atom is -0.465 e. The van der Waals surface area contributed by atoms with Gasteiger partial charge in [0, 0.05) is 5.41 Å². The Morgan fingerprint density at radius 1 is 1.15 bits per heavy atom. The van der Waals surface area contributed by atoms with Gasteiger partial charge < -0.3 is 4.74 Å². The van der Waals surface area contributed by atoms with Crippen molar-refractivity contribution in [2.45, 2.75) is 71.6 Å². The lowest BCUT2D eigenvalue weighted by molar-refractivity contribution is -0.153. The minimum atomic E-state index is 0.0773. The molecule has 0 aliphatic heterocycles. The minimum absolute atomic E-state index is 0.0773. The first-order valence-electron chi connectivity index (χ1n) is 8.77. The highest BCUT2D eigenvalue weighted by Gasteiger charge is 2.54. The Kier molecular flexibility index (Phi) is 4.10. The Morgan fingerprint density at radius 2 is 1.85 bits per heavy atom. The number of ether oxygens (including phenoxy) is 1. The van der Waals surface area contributed by atoms with Crippen molar-refractivity contribution in [3.63, 3.8) is 0 Å². The zero-order chi connectivity index (χ0) is 14.2. The van der Waals surface area contributed by atoms with Crippen LogP contribution in [0, 0.1) is 29.1 Å². The molecule has 0 spiro atoms. The standard InChI is InChI=1S/C18H30O2/c1-13(14-7-4-3-5-8-14)16-11-18(16,2)12-20-17(19)15-9-6-10-15/h13-16H,3-12H2,1-2H3/t13-,16?,18?/m1/s1. The number of hydrogen-bond acceptors (Lipinski definition) is 2. The van der Waals surface area contributed by atoms with Gasteiger partial charge in [-0.3, -0.25) is 4.79 Å². The van der Waals surface area contributed by atoms with E-state index < -0.39 is 0 Å². The summed E-state index contributed by atoms with van der Waals surface area (Å²) in [5, 5.41) is 0. The Labute approximate surface area is 123 Å². The molecule has 3 atom stereocenters. The molecule has 2 unspecified atom stereocenters. The zero-order valence-electron chi connectivity index (χ0n) is 13.2. The molecule has 3 fully saturated rings. The first-order valence-corrected chi connectivity index (χ1v) is 8.77. The summed E-state index contributed by atoms with van der Waals surface area (Å²) >= 11 is 0. The van der Waals surface area contributed by atoms with Gasteiger partial charge in [-0.15, -0.1) is 0 Å². The predicted octanol–water partition coefficient (Wildman–Crippen LogP) is 4.57. The van der Waals surface area contributed by atoms with Crippen LogP contribution in [0.5, 0.6) is 0 Å². The fourth-order valence-electron chi connectivity index (χ4n) is 4.42. The summed E-state index contributed by atoms with van der Waals surface area (Å²) in [5.74, 6) is 2.85. The maximum Gasteiger partial charge on any atom is 0.308 e. The summed E-state index contributed by atoms with van der Waals surface area (Å²) in [6.45, 7) is 5.44. The quantitative estimate of drug-likeness (QED) is 0.688. The molecule has 0 aromatic carbocycles. The molecule has 0 radical (unpaired) electrons. The van der Waals surface area contributed by atoms with Gasteiger partial charge in [-0.25, -0.2) is 0 Å². The van der Waals surface area contributed by atoms with Crippen molar-refractivity contribution < 1.29 is 9.53 Å². The highest BCUT2D eigenvalue weighted by Crippen LogP contribution is 2.59. The molecule has 0 N–H and O–H groups in total. The van der Waals surface area contributed by atoms with Gasteiger partial charge in [0.2, 0.25) is 0 Å². The van der Waals surface area contributed by atoms with E-state index in [0.29, 0.717) is 6.61 Å². The number of carbonyl (C=O) groups is 1. The maximum atomic E-state index is 11.9. The summed E-state index contributed by atoms with van der Waals surface area (Å²) in [6.07, 6.45) is 11.7. The molecular weight excluding hydrogens is 248 g/mol. The SMILES string of the molecule is C[C@H](C1CCCCC1)C1CC1(C)COC(=O)C1CCC1. The Hall–Kier alpha value is -0.530. The lowest BCUT2D eigenvalue weighted by atomic mass is 9.77. The predicted molar refractivity (Wildman–Crippen MR) is 80.3 cm³/mol. The molecule has 2 nitrogen and oxygen atoms in total. The fourth-order valence-corrected chi connectivity index (χ4v) is 4.42. The second kappa shape index (κ2) is 5.69. The van der Waals surface area contributed by atoms with Crippen LogP contribution in [0.1, 0.15) is 71.6 Å². The molecule has 0 saturated heterocycles. The molecule has 2 heteroatoms. The monoisotopic (exact) mass is 278 g/mol. The molecule has 0 heterocycles. The van der Waals surface area contributed by atoms with E-state index in [4.69, 9.17) is 4.74 Å². The molecule has 0 aromatic rings. The fraction of sp³-hybridized carbons (Fsp3) is 0.944. The first-order chi connectivity index (χ1) is 9.60. The average Bonchev–Trinajstić information content (AvgIpc) is 3.07. The van der Waals surface area contributed by atoms with Crippen LogP contribution in [0.4, 0.5) is 0 Å². The lowest BCUT2D eigenvalue weighted by Gasteiger charge is -2.29. The van der Waals surface area contributed by atoms with Crippen molar-refractivity contribution >= 4 is 5.97 Å². The average molecular weight is 278 g/mol. The molecule has 3 rings (SSSR count). The normalized spacial score (nSPS) is 36.2. The van der Waals surface area contributed by atoms with E-state index in [1.54, 1.807) is 0 Å². The third-order valence-corrected chi connectivity index (χ3v) is 6.43. The van der Waals surface area contributed by atoms with Crippen LogP contribution < -0.4 is 0 Å². The van der Waals surface area contributed by atoms with Crippen molar-refractivity contribution in [3.05, 3.63) is 0 Å². The van der Waals surface area contributed by atoms with Gasteiger partial charge in [-0.2, -0.15) is 0 Å². The van der Waals surface area contributed by atoms with Gasteiger partial charge in [-0.1, -0.05) is 52.4 Å². The van der Waals surface area contributed by atoms with Crippen LogP contribution in [0.3, 0.4) is 0 Å². The molecular formula is C18H30O2. The topological polar surface area (TPSA) is 26.3 Å². The van der Waals surface area contributed by atoms with E-state index >= 15 is 0 Å². The van der Waals surface area contributed by atoms with Crippen molar-refractivity contribution in [2.24, 2.45) is 29.1 Å². The third kappa shape index (κ3) is 2.89. The second-order valence-corrected chi connectivity index (χ2v) is 7.96. The van der Waals surface area contributed by atoms with E-state index in [-0.39, 0.29) is 17.3 Å². The van der Waals surface area contributed by atoms with E-state index in [2.05, 4.69) is 13.8 Å². The number of rotatable bonds is 5. The van der Waals surface area contributed by atoms with Crippen LogP contribution >= 0.6 is 0 Å². The molecule has 3 aliphatic rings. The molecule has 0 bridgehead atoms. The van der Waals surface area contributed by atoms with Crippen LogP contribution in [0.2, 0.25) is 0 Å². The molecule has 3 aliphatic carbocycles. The number of esters is 1. The Balaban J connectivity index is 1.44. The van der Waals surface area contributed by atoms with Crippen molar-refractivity contribution in [2.75, 3.05) is 6.61 Å². The lowest BCUT2D eigenvalue weighted by Crippen LogP contribution is -2.27. The molecule has 3 saturated carbocycles. The smallest absolute Gasteiger partial charge is 0.308 e. The van der Waals surface area contributed by atoms with Crippen molar-refractivity contribution in [1.29, 1.82) is 0 Å². The number of carbonyl (C=O) groups excluding carboxylic acids is 1. The summed E-state index contributed by atoms with van der Waals surface area (Å²) in [5.41, 5.74) is 0.288. The largest absolute Gasteiger partial charge is 0.465 e. The molecule has 114 valence electrons. The Morgan fingerprint density at radius 3 is 2.45 bits per heavy atom. The summed E-state index contributed by atoms with van der Waals surface area (Å²) in [4.78, 5) is 11.9. The summed E-state index contributed by atoms with van der Waals surface area (Å²) in [7, 11) is 0. The van der Waals surface area contributed by atoms with Gasteiger partial charge in [-0.05, 0) is 37.0 Å². The summed E-state index contributed by atoms with van der Waals surface area (Å²) < 4.78 is 5.60. The van der Waals surface area contributed by atoms with Gasteiger partial charge in [0.15, 0.2) is 0 Å². The molecule has 0 aromatic heterocycles. The zero-order valence-corrected chi connectivity index (χ0v) is 13.2. The summed E-state index contributed by atoms with van der Waals surface area (Å²) in [6, 6.07) is 0. The van der Waals surface area contributed by atoms with Crippen LogP contribution in [0.25, 0.3) is 0 Å². The van der Waals surface area contributed by atoms with E-state index in [0.717, 1.165) is 30.6 Å². The molecule has 20 heavy (non-hydrogen) atoms. The third-order valence-electron chi connectivity index (χ3n) is 6.43. The van der Waals surface area contributed by atoms with E-state index in [9.17, 15) is 4.79 Å². The van der Waals surface area contributed by atoms with Crippen molar-refractivity contribution in [1.82, 2.24) is 0 Å². The van der Waals surface area contributed by atoms with Gasteiger partial charge in [0.1, 0.15) is 0 Å². The van der Waals surface area contributed by atoms with Crippen LogP contribution in [0.15, 0.2) is 0 Å². The molecule has 0 amide bonds. The van der Waals surface area contributed by atoms with Crippen molar-refractivity contribution in [3.8, 4) is 0 Å². The number of hydrogen-bond donors (Lipinski definition) is 0. The van der Waals surface area contributed by atoms with E-state index in [1.807, 2.05) is 0 Å².